The number of carbonyl (C=O) groups excluding carboxylic acids is 3. The summed E-state index contributed by atoms with van der Waals surface area (Å²) in [6.45, 7) is 2.40. The first-order valence-electron chi connectivity index (χ1n) is 8.35. The van der Waals surface area contributed by atoms with Gasteiger partial charge in [0.15, 0.2) is 0 Å². The van der Waals surface area contributed by atoms with E-state index in [1.54, 1.807) is 12.1 Å². The third-order valence-corrected chi connectivity index (χ3v) is 3.83. The van der Waals surface area contributed by atoms with Crippen LogP contribution in [0.3, 0.4) is 0 Å². The number of benzene rings is 1. The predicted octanol–water partition coefficient (Wildman–Crippen LogP) is 2.25. The second-order valence-electron chi connectivity index (χ2n) is 6.05. The lowest BCUT2D eigenvalue weighted by molar-refractivity contribution is -0.145. The lowest BCUT2D eigenvalue weighted by atomic mass is 10.1. The lowest BCUT2D eigenvalue weighted by Crippen LogP contribution is -2.17. The van der Waals surface area contributed by atoms with Crippen molar-refractivity contribution in [3.63, 3.8) is 0 Å². The molecular weight excluding hydrogens is 324 g/mol. The summed E-state index contributed by atoms with van der Waals surface area (Å²) in [5.41, 5.74) is 2.19. The van der Waals surface area contributed by atoms with Crippen molar-refractivity contribution in [1.82, 2.24) is 0 Å². The number of rotatable bonds is 9. The fourth-order valence-electron chi connectivity index (χ4n) is 2.16. The van der Waals surface area contributed by atoms with Gasteiger partial charge in [0, 0.05) is 30.8 Å². The largest absolute Gasteiger partial charge is 0.463 e. The Balaban J connectivity index is 1.81. The predicted molar refractivity (Wildman–Crippen MR) is 93.2 cm³/mol. The molecule has 0 atom stereocenters. The summed E-state index contributed by atoms with van der Waals surface area (Å²) in [6.07, 6.45) is 1.90. The second-order valence-corrected chi connectivity index (χ2v) is 6.05. The van der Waals surface area contributed by atoms with Gasteiger partial charge in [-0.25, -0.2) is 0 Å². The zero-order valence-electron chi connectivity index (χ0n) is 14.6. The molecule has 0 aromatic heterocycles. The van der Waals surface area contributed by atoms with Gasteiger partial charge in [0.05, 0.1) is 13.0 Å². The van der Waals surface area contributed by atoms with E-state index in [4.69, 9.17) is 9.47 Å². The smallest absolute Gasteiger partial charge is 0.306 e. The van der Waals surface area contributed by atoms with Crippen LogP contribution in [0.2, 0.25) is 0 Å². The fraction of sp³-hybridized carbons (Fsp3) is 0.500. The lowest BCUT2D eigenvalue weighted by Gasteiger charge is -2.11. The average molecular weight is 348 g/mol. The Kier molecular flexibility index (Phi) is 6.94. The van der Waals surface area contributed by atoms with E-state index >= 15 is 0 Å². The highest BCUT2D eigenvalue weighted by molar-refractivity contribution is 5.97. The van der Waals surface area contributed by atoms with Crippen LogP contribution in [-0.2, 0) is 23.9 Å². The first-order chi connectivity index (χ1) is 12.0. The normalized spacial score (nSPS) is 13.2. The third-order valence-electron chi connectivity index (χ3n) is 3.83. The van der Waals surface area contributed by atoms with Crippen molar-refractivity contribution >= 4 is 29.2 Å². The van der Waals surface area contributed by atoms with Gasteiger partial charge in [-0.05, 0) is 37.5 Å². The zero-order valence-corrected chi connectivity index (χ0v) is 14.6. The second kappa shape index (κ2) is 9.17. The average Bonchev–Trinajstić information content (AvgIpc) is 3.41. The van der Waals surface area contributed by atoms with Gasteiger partial charge >= 0.3 is 5.97 Å². The number of methoxy groups -OCH3 is 1. The van der Waals surface area contributed by atoms with E-state index in [0.717, 1.165) is 18.4 Å². The van der Waals surface area contributed by atoms with Crippen LogP contribution in [0.15, 0.2) is 18.2 Å². The van der Waals surface area contributed by atoms with Gasteiger partial charge < -0.3 is 20.1 Å². The number of amides is 2. The molecule has 7 nitrogen and oxygen atoms in total. The molecule has 1 fully saturated rings. The number of carbonyl (C=O) groups is 3. The van der Waals surface area contributed by atoms with Crippen LogP contribution in [0.5, 0.6) is 0 Å². The molecule has 25 heavy (non-hydrogen) atoms. The molecule has 1 aliphatic rings. The van der Waals surface area contributed by atoms with Gasteiger partial charge in [-0.1, -0.05) is 6.07 Å². The Hall–Kier alpha value is -2.41. The Morgan fingerprint density at radius 1 is 1.12 bits per heavy atom. The van der Waals surface area contributed by atoms with Crippen molar-refractivity contribution in [1.29, 1.82) is 0 Å². The highest BCUT2D eigenvalue weighted by Crippen LogP contribution is 2.31. The van der Waals surface area contributed by atoms with E-state index in [9.17, 15) is 14.4 Å². The summed E-state index contributed by atoms with van der Waals surface area (Å²) in [7, 11) is 1.52. The Bertz CT molecular complexity index is 640. The topological polar surface area (TPSA) is 93.7 Å². The summed E-state index contributed by atoms with van der Waals surface area (Å²) in [5.74, 6) is -0.590. The van der Waals surface area contributed by atoms with Crippen molar-refractivity contribution in [2.75, 3.05) is 31.0 Å². The molecular formula is C18H24N2O5. The van der Waals surface area contributed by atoms with Crippen molar-refractivity contribution in [2.45, 2.75) is 32.6 Å². The summed E-state index contributed by atoms with van der Waals surface area (Å²) in [4.78, 5) is 35.3. The molecule has 1 aromatic rings. The molecule has 1 saturated carbocycles. The van der Waals surface area contributed by atoms with E-state index in [2.05, 4.69) is 10.6 Å². The highest BCUT2D eigenvalue weighted by Gasteiger charge is 2.29. The summed E-state index contributed by atoms with van der Waals surface area (Å²) < 4.78 is 9.68. The number of hydrogen-bond donors (Lipinski definition) is 2. The summed E-state index contributed by atoms with van der Waals surface area (Å²) in [6, 6.07) is 5.32. The zero-order chi connectivity index (χ0) is 18.2. The Labute approximate surface area is 147 Å². The van der Waals surface area contributed by atoms with E-state index in [1.807, 2.05) is 13.0 Å². The standard InChI is InChI=1S/C18H24N2O5/c1-12-3-6-14(11-15(12)20-18(23)13-4-5-13)19-16(21)7-8-17(22)25-10-9-24-2/h3,6,11,13H,4-5,7-10H2,1-2H3,(H,19,21)(H,20,23). The van der Waals surface area contributed by atoms with Crippen LogP contribution >= 0.6 is 0 Å². The molecule has 2 rings (SSSR count). The molecule has 0 unspecified atom stereocenters. The molecule has 0 saturated heterocycles. The van der Waals surface area contributed by atoms with Gasteiger partial charge in [0.2, 0.25) is 11.8 Å². The van der Waals surface area contributed by atoms with Crippen LogP contribution in [0.4, 0.5) is 11.4 Å². The Morgan fingerprint density at radius 3 is 2.56 bits per heavy atom. The maximum atomic E-state index is 12.0. The Morgan fingerprint density at radius 2 is 1.88 bits per heavy atom. The van der Waals surface area contributed by atoms with Gasteiger partial charge in [0.1, 0.15) is 6.61 Å². The van der Waals surface area contributed by atoms with Crippen molar-refractivity contribution in [3.8, 4) is 0 Å². The number of hydrogen-bond acceptors (Lipinski definition) is 5. The van der Waals surface area contributed by atoms with Crippen LogP contribution < -0.4 is 10.6 Å². The van der Waals surface area contributed by atoms with Gasteiger partial charge in [-0.15, -0.1) is 0 Å². The molecule has 2 amide bonds. The molecule has 2 N–H and O–H groups in total. The van der Waals surface area contributed by atoms with Crippen LogP contribution in [0.1, 0.15) is 31.2 Å². The molecule has 0 aliphatic heterocycles. The monoisotopic (exact) mass is 348 g/mol. The van der Waals surface area contributed by atoms with Crippen LogP contribution in [0, 0.1) is 12.8 Å². The summed E-state index contributed by atoms with van der Waals surface area (Å²) in [5, 5.41) is 5.62. The van der Waals surface area contributed by atoms with E-state index in [0.29, 0.717) is 18.0 Å². The number of nitrogens with one attached hydrogen (secondary N) is 2. The summed E-state index contributed by atoms with van der Waals surface area (Å²) >= 11 is 0. The first-order valence-corrected chi connectivity index (χ1v) is 8.35. The highest BCUT2D eigenvalue weighted by atomic mass is 16.6. The number of esters is 1. The molecule has 1 aromatic carbocycles. The van der Waals surface area contributed by atoms with Crippen molar-refractivity contribution in [3.05, 3.63) is 23.8 Å². The van der Waals surface area contributed by atoms with E-state index in [1.165, 1.54) is 7.11 Å². The van der Waals surface area contributed by atoms with Gasteiger partial charge in [-0.2, -0.15) is 0 Å². The van der Waals surface area contributed by atoms with Crippen molar-refractivity contribution in [2.24, 2.45) is 5.92 Å². The third kappa shape index (κ3) is 6.54. The number of ether oxygens (including phenoxy) is 2. The van der Waals surface area contributed by atoms with E-state index < -0.39 is 5.97 Å². The molecule has 0 bridgehead atoms. The fourth-order valence-corrected chi connectivity index (χ4v) is 2.16. The maximum Gasteiger partial charge on any atom is 0.306 e. The van der Waals surface area contributed by atoms with Crippen LogP contribution in [0.25, 0.3) is 0 Å². The van der Waals surface area contributed by atoms with E-state index in [-0.39, 0.29) is 37.2 Å². The minimum absolute atomic E-state index is 0.00663. The maximum absolute atomic E-state index is 12.0. The molecule has 7 heteroatoms. The molecule has 1 aliphatic carbocycles. The number of anilines is 2. The van der Waals surface area contributed by atoms with Crippen LogP contribution in [-0.4, -0.2) is 38.1 Å². The number of aryl methyl sites for hydroxylation is 1. The van der Waals surface area contributed by atoms with Gasteiger partial charge in [-0.3, -0.25) is 14.4 Å². The van der Waals surface area contributed by atoms with Gasteiger partial charge in [0.25, 0.3) is 0 Å². The molecule has 0 heterocycles. The van der Waals surface area contributed by atoms with Crippen molar-refractivity contribution < 1.29 is 23.9 Å². The minimum atomic E-state index is -0.437. The molecule has 0 radical (unpaired) electrons. The minimum Gasteiger partial charge on any atom is -0.463 e. The quantitative estimate of drug-likeness (QED) is 0.527. The first kappa shape index (κ1) is 18.9. The SMILES string of the molecule is COCCOC(=O)CCC(=O)Nc1ccc(C)c(NC(=O)C2CC2)c1. The molecule has 0 spiro atoms. The molecule has 136 valence electrons.